The highest BCUT2D eigenvalue weighted by Crippen LogP contribution is 2.63. The van der Waals surface area contributed by atoms with Gasteiger partial charge in [-0.15, -0.1) is 0 Å². The molecule has 12 rings (SSSR count). The average molecular weight is 713 g/mol. The monoisotopic (exact) mass is 712 g/mol. The van der Waals surface area contributed by atoms with Gasteiger partial charge < -0.3 is 0 Å². The van der Waals surface area contributed by atoms with Gasteiger partial charge in [0.1, 0.15) is 0 Å². The minimum Gasteiger partial charge on any atom is -0.278 e. The third-order valence-electron chi connectivity index (χ3n) is 11.9. The molecule has 260 valence electrons. The normalized spacial score (nSPS) is 13.1. The fourth-order valence-corrected chi connectivity index (χ4v) is 9.55. The highest BCUT2D eigenvalue weighted by Gasteiger charge is 2.51. The Morgan fingerprint density at radius 1 is 0.321 bits per heavy atom. The second kappa shape index (κ2) is 11.8. The Bertz CT molecular complexity index is 3150. The fourth-order valence-electron chi connectivity index (χ4n) is 9.55. The molecule has 1 spiro atoms. The first-order valence-electron chi connectivity index (χ1n) is 19.1. The van der Waals surface area contributed by atoms with E-state index in [-0.39, 0.29) is 0 Å². The molecular weight excluding hydrogens is 681 g/mol. The predicted molar refractivity (Wildman–Crippen MR) is 227 cm³/mol. The summed E-state index contributed by atoms with van der Waals surface area (Å²) in [6.45, 7) is 0. The van der Waals surface area contributed by atoms with Crippen molar-refractivity contribution < 1.29 is 0 Å². The maximum atomic E-state index is 5.32. The molecule has 0 unspecified atom stereocenters. The Morgan fingerprint density at radius 2 is 0.839 bits per heavy atom. The van der Waals surface area contributed by atoms with Crippen LogP contribution < -0.4 is 0 Å². The van der Waals surface area contributed by atoms with Crippen LogP contribution in [0.25, 0.3) is 83.9 Å². The molecule has 0 bridgehead atoms. The maximum Gasteiger partial charge on any atom is 0.238 e. The van der Waals surface area contributed by atoms with E-state index in [1.807, 2.05) is 24.3 Å². The standard InChI is InChI=1S/C52H32N4/c1-3-16-33(17-4-1)35-20-15-21-36(30-35)50-53-49(34-18-5-2-6-19-34)54-51(55-50)56-47-29-14-10-25-40(47)42-31-46-41(32-48(42)56)39-24-9-13-28-45(39)52(46)43-26-11-7-22-37(43)38-23-8-12-27-44(38)52/h1-32H. The SMILES string of the molecule is c1ccc(-c2cccc(-c3nc(-c4ccccc4)nc(-n4c5ccccc5c5cc6c(cc54)-c4ccccc4C64c5ccccc5-c5ccccc54)n3)c2)cc1. The smallest absolute Gasteiger partial charge is 0.238 e. The lowest BCUT2D eigenvalue weighted by atomic mass is 9.70. The molecule has 4 nitrogen and oxygen atoms in total. The Kier molecular flexibility index (Phi) is 6.52. The lowest BCUT2D eigenvalue weighted by Crippen LogP contribution is -2.25. The van der Waals surface area contributed by atoms with Crippen molar-refractivity contribution in [2.24, 2.45) is 0 Å². The summed E-state index contributed by atoms with van der Waals surface area (Å²) in [5, 5.41) is 2.33. The minimum absolute atomic E-state index is 0.429. The summed E-state index contributed by atoms with van der Waals surface area (Å²) in [5.74, 6) is 1.84. The van der Waals surface area contributed by atoms with Gasteiger partial charge >= 0.3 is 0 Å². The van der Waals surface area contributed by atoms with E-state index < -0.39 is 5.41 Å². The van der Waals surface area contributed by atoms with E-state index in [9.17, 15) is 0 Å². The highest BCUT2D eigenvalue weighted by molar-refractivity contribution is 6.12. The van der Waals surface area contributed by atoms with E-state index in [2.05, 4.69) is 174 Å². The van der Waals surface area contributed by atoms with E-state index in [0.29, 0.717) is 17.6 Å². The van der Waals surface area contributed by atoms with Crippen LogP contribution in [0.4, 0.5) is 0 Å². The van der Waals surface area contributed by atoms with Crippen LogP contribution in [0, 0.1) is 0 Å². The van der Waals surface area contributed by atoms with Crippen LogP contribution in [0.3, 0.4) is 0 Å². The van der Waals surface area contributed by atoms with Gasteiger partial charge in [0, 0.05) is 21.9 Å². The number of hydrogen-bond acceptors (Lipinski definition) is 3. The number of aromatic nitrogens is 4. The molecule has 0 saturated heterocycles. The second-order valence-electron chi connectivity index (χ2n) is 14.7. The molecule has 0 fully saturated rings. The van der Waals surface area contributed by atoms with Crippen LogP contribution in [-0.4, -0.2) is 19.5 Å². The average Bonchev–Trinajstić information content (AvgIpc) is 3.87. The van der Waals surface area contributed by atoms with Crippen molar-refractivity contribution in [1.29, 1.82) is 0 Å². The molecule has 0 saturated carbocycles. The summed E-state index contributed by atoms with van der Waals surface area (Å²) < 4.78 is 2.24. The van der Waals surface area contributed by atoms with Gasteiger partial charge in [0.05, 0.1) is 16.4 Å². The highest BCUT2D eigenvalue weighted by atomic mass is 15.2. The summed E-state index contributed by atoms with van der Waals surface area (Å²) in [6, 6.07) is 69.6. The minimum atomic E-state index is -0.429. The number of benzene rings is 8. The number of hydrogen-bond donors (Lipinski definition) is 0. The zero-order valence-corrected chi connectivity index (χ0v) is 30.3. The third-order valence-corrected chi connectivity index (χ3v) is 11.9. The van der Waals surface area contributed by atoms with Gasteiger partial charge in [-0.1, -0.05) is 170 Å². The summed E-state index contributed by atoms with van der Waals surface area (Å²) in [6.07, 6.45) is 0. The van der Waals surface area contributed by atoms with Crippen molar-refractivity contribution in [2.45, 2.75) is 5.41 Å². The quantitative estimate of drug-likeness (QED) is 0.182. The van der Waals surface area contributed by atoms with Gasteiger partial charge in [0.25, 0.3) is 0 Å². The molecule has 2 aromatic heterocycles. The van der Waals surface area contributed by atoms with Gasteiger partial charge in [-0.2, -0.15) is 9.97 Å². The van der Waals surface area contributed by atoms with Gasteiger partial charge in [0.2, 0.25) is 5.95 Å². The Balaban J connectivity index is 1.15. The topological polar surface area (TPSA) is 43.6 Å². The first kappa shape index (κ1) is 31.0. The molecule has 2 aliphatic rings. The molecule has 0 radical (unpaired) electrons. The molecule has 2 heterocycles. The molecule has 0 N–H and O–H groups in total. The molecule has 0 amide bonds. The second-order valence-corrected chi connectivity index (χ2v) is 14.7. The zero-order chi connectivity index (χ0) is 36.8. The number of nitrogens with zero attached hydrogens (tertiary/aromatic N) is 4. The summed E-state index contributed by atoms with van der Waals surface area (Å²) in [5.41, 5.74) is 16.2. The summed E-state index contributed by atoms with van der Waals surface area (Å²) >= 11 is 0. The van der Waals surface area contributed by atoms with E-state index in [0.717, 1.165) is 38.7 Å². The largest absolute Gasteiger partial charge is 0.278 e. The number of para-hydroxylation sites is 1. The molecule has 0 aliphatic heterocycles. The number of fused-ring (bicyclic) bond motifs is 13. The van der Waals surface area contributed by atoms with Crippen molar-refractivity contribution in [2.75, 3.05) is 0 Å². The van der Waals surface area contributed by atoms with Crippen LogP contribution in [0.1, 0.15) is 22.3 Å². The first-order chi connectivity index (χ1) is 27.8. The van der Waals surface area contributed by atoms with Crippen molar-refractivity contribution in [3.63, 3.8) is 0 Å². The van der Waals surface area contributed by atoms with Gasteiger partial charge in [-0.05, 0) is 79.9 Å². The van der Waals surface area contributed by atoms with Gasteiger partial charge in [-0.25, -0.2) is 4.98 Å². The Hall–Kier alpha value is -7.43. The van der Waals surface area contributed by atoms with E-state index in [1.165, 1.54) is 49.9 Å². The van der Waals surface area contributed by atoms with Gasteiger partial charge in [0.15, 0.2) is 11.6 Å². The molecule has 2 aliphatic carbocycles. The van der Waals surface area contributed by atoms with Crippen LogP contribution in [0.5, 0.6) is 0 Å². The van der Waals surface area contributed by atoms with Crippen molar-refractivity contribution in [3.05, 3.63) is 216 Å². The fraction of sp³-hybridized carbons (Fsp3) is 0.0192. The molecule has 8 aromatic carbocycles. The Morgan fingerprint density at radius 3 is 1.52 bits per heavy atom. The van der Waals surface area contributed by atoms with E-state index in [1.54, 1.807) is 0 Å². The molecular formula is C52H32N4. The van der Waals surface area contributed by atoms with Gasteiger partial charge in [-0.3, -0.25) is 4.57 Å². The zero-order valence-electron chi connectivity index (χ0n) is 30.3. The lowest BCUT2D eigenvalue weighted by Gasteiger charge is -2.30. The lowest BCUT2D eigenvalue weighted by molar-refractivity contribution is 0.795. The first-order valence-corrected chi connectivity index (χ1v) is 19.1. The van der Waals surface area contributed by atoms with Crippen LogP contribution in [0.2, 0.25) is 0 Å². The molecule has 0 atom stereocenters. The van der Waals surface area contributed by atoms with Crippen molar-refractivity contribution in [1.82, 2.24) is 19.5 Å². The molecule has 10 aromatic rings. The predicted octanol–water partition coefficient (Wildman–Crippen LogP) is 12.3. The summed E-state index contributed by atoms with van der Waals surface area (Å²) in [4.78, 5) is 15.7. The van der Waals surface area contributed by atoms with Crippen LogP contribution in [0.15, 0.2) is 194 Å². The third kappa shape index (κ3) is 4.27. The van der Waals surface area contributed by atoms with Crippen LogP contribution >= 0.6 is 0 Å². The van der Waals surface area contributed by atoms with Crippen molar-refractivity contribution in [3.8, 4) is 62.1 Å². The van der Waals surface area contributed by atoms with Crippen molar-refractivity contribution >= 4 is 21.8 Å². The van der Waals surface area contributed by atoms with E-state index in [4.69, 9.17) is 15.0 Å². The molecule has 56 heavy (non-hydrogen) atoms. The Labute approximate surface area is 324 Å². The molecule has 4 heteroatoms. The van der Waals surface area contributed by atoms with Crippen LogP contribution in [-0.2, 0) is 5.41 Å². The maximum absolute atomic E-state index is 5.32. The van der Waals surface area contributed by atoms with E-state index >= 15 is 0 Å². The summed E-state index contributed by atoms with van der Waals surface area (Å²) in [7, 11) is 0. The number of rotatable bonds is 4.